The predicted octanol–water partition coefficient (Wildman–Crippen LogP) is 3.94. The summed E-state index contributed by atoms with van der Waals surface area (Å²) in [5, 5.41) is 2.83. The van der Waals surface area contributed by atoms with Crippen LogP contribution in [0.2, 0.25) is 0 Å². The van der Waals surface area contributed by atoms with E-state index in [1.165, 1.54) is 6.07 Å². The summed E-state index contributed by atoms with van der Waals surface area (Å²) in [6.07, 6.45) is 3.69. The second-order valence-electron chi connectivity index (χ2n) is 9.34. The molecular weight excluding hydrogens is 430 g/mol. The monoisotopic (exact) mass is 462 g/mol. The SMILES string of the molecule is CNCC1Cc2cc(F)c(CCNS(=O)(=O)C(C)C3CC3)cc2C1Cc1cccc(F)c1. The third kappa shape index (κ3) is 5.21. The van der Waals surface area contributed by atoms with Gasteiger partial charge in [-0.2, -0.15) is 0 Å². The molecule has 7 heteroatoms. The van der Waals surface area contributed by atoms with Crippen LogP contribution in [-0.4, -0.2) is 33.8 Å². The molecule has 4 nitrogen and oxygen atoms in total. The molecule has 0 radical (unpaired) electrons. The molecule has 0 saturated heterocycles. The van der Waals surface area contributed by atoms with Gasteiger partial charge in [-0.25, -0.2) is 21.9 Å². The second kappa shape index (κ2) is 9.57. The summed E-state index contributed by atoms with van der Waals surface area (Å²) in [7, 11) is -1.47. The number of rotatable bonds is 10. The molecule has 2 aromatic rings. The highest BCUT2D eigenvalue weighted by Crippen LogP contribution is 2.41. The fraction of sp³-hybridized carbons (Fsp3) is 0.520. The zero-order valence-electron chi connectivity index (χ0n) is 18.7. The van der Waals surface area contributed by atoms with Gasteiger partial charge in [0.2, 0.25) is 10.0 Å². The van der Waals surface area contributed by atoms with Crippen LogP contribution in [0.25, 0.3) is 0 Å². The number of sulfonamides is 1. The van der Waals surface area contributed by atoms with Crippen molar-refractivity contribution in [2.75, 3.05) is 20.1 Å². The number of halogens is 2. The molecule has 174 valence electrons. The van der Waals surface area contributed by atoms with Crippen LogP contribution in [0.15, 0.2) is 36.4 Å². The zero-order chi connectivity index (χ0) is 22.9. The fourth-order valence-electron chi connectivity index (χ4n) is 5.02. The van der Waals surface area contributed by atoms with Gasteiger partial charge in [0.05, 0.1) is 5.25 Å². The topological polar surface area (TPSA) is 58.2 Å². The van der Waals surface area contributed by atoms with E-state index in [4.69, 9.17) is 0 Å². The van der Waals surface area contributed by atoms with E-state index in [1.54, 1.807) is 25.1 Å². The van der Waals surface area contributed by atoms with E-state index < -0.39 is 15.3 Å². The van der Waals surface area contributed by atoms with Gasteiger partial charge in [0.25, 0.3) is 0 Å². The van der Waals surface area contributed by atoms with Crippen LogP contribution in [0.5, 0.6) is 0 Å². The fourth-order valence-corrected chi connectivity index (χ4v) is 6.45. The van der Waals surface area contributed by atoms with Crippen molar-refractivity contribution < 1.29 is 17.2 Å². The molecule has 32 heavy (non-hydrogen) atoms. The lowest BCUT2D eigenvalue weighted by molar-refractivity contribution is 0.435. The maximum Gasteiger partial charge on any atom is 0.214 e. The Morgan fingerprint density at radius 1 is 1.16 bits per heavy atom. The maximum absolute atomic E-state index is 14.8. The van der Waals surface area contributed by atoms with Crippen LogP contribution < -0.4 is 10.0 Å². The van der Waals surface area contributed by atoms with Crippen LogP contribution in [0.3, 0.4) is 0 Å². The minimum absolute atomic E-state index is 0.158. The Balaban J connectivity index is 1.51. The van der Waals surface area contributed by atoms with Crippen LogP contribution in [0.1, 0.15) is 47.9 Å². The van der Waals surface area contributed by atoms with Crippen LogP contribution >= 0.6 is 0 Å². The summed E-state index contributed by atoms with van der Waals surface area (Å²) in [4.78, 5) is 0. The Morgan fingerprint density at radius 2 is 1.94 bits per heavy atom. The molecule has 2 aliphatic carbocycles. The van der Waals surface area contributed by atoms with Crippen LogP contribution in [-0.2, 0) is 29.3 Å². The van der Waals surface area contributed by atoms with Gasteiger partial charge in [-0.1, -0.05) is 18.2 Å². The third-order valence-corrected chi connectivity index (χ3v) is 9.01. The first-order valence-corrected chi connectivity index (χ1v) is 13.0. The molecule has 0 spiro atoms. The summed E-state index contributed by atoms with van der Waals surface area (Å²) in [5.41, 5.74) is 3.55. The number of nitrogens with one attached hydrogen (secondary N) is 2. The quantitative estimate of drug-likeness (QED) is 0.562. The molecule has 1 fully saturated rings. The Hall–Kier alpha value is -1.83. The average molecular weight is 463 g/mol. The molecule has 4 rings (SSSR count). The van der Waals surface area contributed by atoms with E-state index in [0.29, 0.717) is 24.3 Å². The Morgan fingerprint density at radius 3 is 2.62 bits per heavy atom. The average Bonchev–Trinajstić information content (AvgIpc) is 3.53. The van der Waals surface area contributed by atoms with E-state index in [0.717, 1.165) is 42.5 Å². The van der Waals surface area contributed by atoms with E-state index in [-0.39, 0.29) is 30.0 Å². The van der Waals surface area contributed by atoms with Gasteiger partial charge < -0.3 is 5.32 Å². The number of hydrogen-bond donors (Lipinski definition) is 2. The predicted molar refractivity (Wildman–Crippen MR) is 123 cm³/mol. The Labute approximate surface area is 189 Å². The zero-order valence-corrected chi connectivity index (χ0v) is 19.5. The minimum atomic E-state index is -3.38. The van der Waals surface area contributed by atoms with Crippen molar-refractivity contribution in [2.24, 2.45) is 11.8 Å². The molecule has 3 atom stereocenters. The number of hydrogen-bond acceptors (Lipinski definition) is 3. The van der Waals surface area contributed by atoms with Crippen LogP contribution in [0.4, 0.5) is 8.78 Å². The Bertz CT molecular complexity index is 1070. The molecule has 0 amide bonds. The standard InChI is InChI=1S/C25H32F2N2O2S/c1-16(18-6-7-18)32(30,31)29-9-8-19-13-24-20(14-25(19)27)12-21(15-28-2)23(24)11-17-4-3-5-22(26)10-17/h3-5,10,13-14,16,18,21,23,28-29H,6-9,11-12,15H2,1-2H3. The lowest BCUT2D eigenvalue weighted by Gasteiger charge is -2.21. The summed E-state index contributed by atoms with van der Waals surface area (Å²) in [5.74, 6) is 0.166. The van der Waals surface area contributed by atoms with Crippen LogP contribution in [0, 0.1) is 23.5 Å². The van der Waals surface area contributed by atoms with E-state index in [1.807, 2.05) is 19.2 Å². The first kappa shape index (κ1) is 23.3. The summed E-state index contributed by atoms with van der Waals surface area (Å²) in [6.45, 7) is 2.73. The van der Waals surface area contributed by atoms with E-state index in [9.17, 15) is 17.2 Å². The first-order valence-electron chi connectivity index (χ1n) is 11.5. The summed E-state index contributed by atoms with van der Waals surface area (Å²) >= 11 is 0. The van der Waals surface area contributed by atoms with Gasteiger partial charge in [-0.15, -0.1) is 0 Å². The van der Waals surface area contributed by atoms with Crippen molar-refractivity contribution >= 4 is 10.0 Å². The first-order chi connectivity index (χ1) is 15.3. The molecule has 0 aliphatic heterocycles. The normalized spacial score (nSPS) is 21.5. The van der Waals surface area contributed by atoms with Gasteiger partial charge in [0.15, 0.2) is 0 Å². The van der Waals surface area contributed by atoms with Crippen molar-refractivity contribution in [2.45, 2.75) is 50.2 Å². The second-order valence-corrected chi connectivity index (χ2v) is 11.5. The molecule has 3 unspecified atom stereocenters. The lowest BCUT2D eigenvalue weighted by atomic mass is 9.86. The number of benzene rings is 2. The van der Waals surface area contributed by atoms with Crippen molar-refractivity contribution in [1.29, 1.82) is 0 Å². The van der Waals surface area contributed by atoms with Gasteiger partial charge in [0, 0.05) is 6.54 Å². The molecule has 0 heterocycles. The smallest absolute Gasteiger partial charge is 0.214 e. The molecule has 0 aromatic heterocycles. The molecule has 2 aliphatic rings. The largest absolute Gasteiger partial charge is 0.319 e. The summed E-state index contributed by atoms with van der Waals surface area (Å²) in [6, 6.07) is 10.2. The third-order valence-electron chi connectivity index (χ3n) is 7.04. The molecule has 1 saturated carbocycles. The van der Waals surface area contributed by atoms with Gasteiger partial charge in [0.1, 0.15) is 11.6 Å². The van der Waals surface area contributed by atoms with Gasteiger partial charge in [-0.05, 0) is 111 Å². The molecule has 2 N–H and O–H groups in total. The molecular formula is C25H32F2N2O2S. The van der Waals surface area contributed by atoms with E-state index in [2.05, 4.69) is 10.0 Å². The molecule has 0 bridgehead atoms. The highest BCUT2D eigenvalue weighted by molar-refractivity contribution is 7.90. The lowest BCUT2D eigenvalue weighted by Crippen LogP contribution is -2.35. The van der Waals surface area contributed by atoms with Crippen molar-refractivity contribution in [1.82, 2.24) is 10.0 Å². The number of fused-ring (bicyclic) bond motifs is 1. The van der Waals surface area contributed by atoms with Gasteiger partial charge >= 0.3 is 0 Å². The van der Waals surface area contributed by atoms with E-state index >= 15 is 0 Å². The molecule has 2 aromatic carbocycles. The van der Waals surface area contributed by atoms with Crippen molar-refractivity contribution in [3.8, 4) is 0 Å². The maximum atomic E-state index is 14.8. The minimum Gasteiger partial charge on any atom is -0.319 e. The van der Waals surface area contributed by atoms with Gasteiger partial charge in [-0.3, -0.25) is 0 Å². The highest BCUT2D eigenvalue weighted by Gasteiger charge is 2.36. The van der Waals surface area contributed by atoms with Crippen molar-refractivity contribution in [3.63, 3.8) is 0 Å². The summed E-state index contributed by atoms with van der Waals surface area (Å²) < 4.78 is 56.1. The highest BCUT2D eigenvalue weighted by atomic mass is 32.2. The Kier molecular flexibility index (Phi) is 6.98. The van der Waals surface area contributed by atoms with Crippen molar-refractivity contribution in [3.05, 3.63) is 70.3 Å².